The third kappa shape index (κ3) is 6.35. The van der Waals surface area contributed by atoms with Crippen LogP contribution >= 0.6 is 11.8 Å². The highest BCUT2D eigenvalue weighted by Gasteiger charge is 2.76. The lowest BCUT2D eigenvalue weighted by Gasteiger charge is -2.41. The van der Waals surface area contributed by atoms with Crippen LogP contribution in [0, 0.1) is 17.8 Å². The van der Waals surface area contributed by atoms with E-state index in [2.05, 4.69) is 20.1 Å². The average Bonchev–Trinajstić information content (AvgIpc) is 3.72. The maximum absolute atomic E-state index is 15.2. The predicted octanol–water partition coefficient (Wildman–Crippen LogP) is 6.87. The number of unbranched alkanes of at least 4 members (excludes halogenated alkanes) is 3. The number of aliphatic hydroxyl groups excluding tert-OH is 1. The number of rotatable bonds is 16. The molecule has 1 spiro atoms. The molecule has 3 amide bonds. The number of hydrogen-bond donors (Lipinski definition) is 1. The SMILES string of the molecule is C=CCN(C(=O)C1N(CCCCCCO)C(=O)[C@@H]2[C@H](C(=O)N(CC=C)c3ccc(OCC)cc3)[C@@H]3CC(C)C12S3)c1ccc2ccccc2c1. The minimum Gasteiger partial charge on any atom is -0.494 e. The molecule has 264 valence electrons. The van der Waals surface area contributed by atoms with Gasteiger partial charge in [-0.3, -0.25) is 14.4 Å². The van der Waals surface area contributed by atoms with Crippen molar-refractivity contribution >= 4 is 51.6 Å². The molecule has 0 aliphatic carbocycles. The summed E-state index contributed by atoms with van der Waals surface area (Å²) in [5, 5.41) is 11.4. The highest BCUT2D eigenvalue weighted by Crippen LogP contribution is 2.69. The Morgan fingerprint density at radius 1 is 0.940 bits per heavy atom. The molecule has 3 aromatic carbocycles. The molecule has 6 atom stereocenters. The number of likely N-dealkylation sites (tertiary alicyclic amines) is 1. The molecular weight excluding hydrogens is 647 g/mol. The van der Waals surface area contributed by atoms with Crippen LogP contribution < -0.4 is 14.5 Å². The molecule has 8 nitrogen and oxygen atoms in total. The van der Waals surface area contributed by atoms with Crippen LogP contribution in [0.3, 0.4) is 0 Å². The quantitative estimate of drug-likeness (QED) is 0.130. The minimum absolute atomic E-state index is 0.0457. The molecule has 2 bridgehead atoms. The number of ether oxygens (including phenoxy) is 1. The van der Waals surface area contributed by atoms with E-state index in [0.717, 1.165) is 47.2 Å². The molecule has 3 aromatic rings. The number of hydrogen-bond acceptors (Lipinski definition) is 6. The molecule has 0 saturated carbocycles. The van der Waals surface area contributed by atoms with Crippen LogP contribution in [-0.4, -0.2) is 76.6 Å². The first-order valence-corrected chi connectivity index (χ1v) is 18.8. The van der Waals surface area contributed by atoms with Gasteiger partial charge in [-0.05, 0) is 79.3 Å². The average molecular weight is 696 g/mol. The highest BCUT2D eigenvalue weighted by molar-refractivity contribution is 8.02. The number of thioether (sulfide) groups is 1. The van der Waals surface area contributed by atoms with Crippen molar-refractivity contribution in [2.45, 2.75) is 62.0 Å². The Bertz CT molecular complexity index is 1730. The van der Waals surface area contributed by atoms with Gasteiger partial charge in [0.15, 0.2) is 0 Å². The monoisotopic (exact) mass is 695 g/mol. The van der Waals surface area contributed by atoms with Crippen molar-refractivity contribution in [3.8, 4) is 5.75 Å². The lowest BCUT2D eigenvalue weighted by atomic mass is 9.65. The van der Waals surface area contributed by atoms with E-state index in [1.165, 1.54) is 0 Å². The van der Waals surface area contributed by atoms with Gasteiger partial charge >= 0.3 is 0 Å². The van der Waals surface area contributed by atoms with Crippen molar-refractivity contribution < 1.29 is 24.2 Å². The zero-order chi connectivity index (χ0) is 35.4. The van der Waals surface area contributed by atoms with Crippen molar-refractivity contribution in [2.75, 3.05) is 42.6 Å². The first-order chi connectivity index (χ1) is 24.3. The van der Waals surface area contributed by atoms with Gasteiger partial charge in [0.25, 0.3) is 5.91 Å². The molecule has 0 radical (unpaired) electrons. The molecule has 3 fully saturated rings. The topological polar surface area (TPSA) is 90.4 Å². The Kier molecular flexibility index (Phi) is 11.0. The van der Waals surface area contributed by atoms with Crippen LogP contribution in [0.1, 0.15) is 46.0 Å². The largest absolute Gasteiger partial charge is 0.494 e. The second-order valence-electron chi connectivity index (χ2n) is 13.7. The number of benzene rings is 3. The molecule has 1 N–H and O–H groups in total. The Hall–Kier alpha value is -4.08. The van der Waals surface area contributed by atoms with Gasteiger partial charge in [-0.1, -0.05) is 62.2 Å². The highest BCUT2D eigenvalue weighted by atomic mass is 32.2. The van der Waals surface area contributed by atoms with Gasteiger partial charge in [-0.2, -0.15) is 0 Å². The molecule has 9 heteroatoms. The Labute approximate surface area is 300 Å². The Balaban J connectivity index is 1.39. The molecule has 3 heterocycles. The first kappa shape index (κ1) is 35.7. The molecule has 3 unspecified atom stereocenters. The molecule has 0 aromatic heterocycles. The number of anilines is 2. The van der Waals surface area contributed by atoms with Crippen molar-refractivity contribution in [1.29, 1.82) is 0 Å². The van der Waals surface area contributed by atoms with Gasteiger partial charge in [0.05, 0.1) is 23.2 Å². The summed E-state index contributed by atoms with van der Waals surface area (Å²) >= 11 is 1.70. The van der Waals surface area contributed by atoms with Gasteiger partial charge in [-0.25, -0.2) is 0 Å². The van der Waals surface area contributed by atoms with Gasteiger partial charge in [0.1, 0.15) is 11.8 Å². The third-order valence-corrected chi connectivity index (χ3v) is 12.8. The fraction of sp³-hybridized carbons (Fsp3) is 0.439. The van der Waals surface area contributed by atoms with E-state index >= 15 is 4.79 Å². The van der Waals surface area contributed by atoms with Crippen molar-refractivity contribution in [3.63, 3.8) is 0 Å². The summed E-state index contributed by atoms with van der Waals surface area (Å²) in [6.07, 6.45) is 7.30. The summed E-state index contributed by atoms with van der Waals surface area (Å²) in [7, 11) is 0. The number of carbonyl (C=O) groups is 3. The summed E-state index contributed by atoms with van der Waals surface area (Å²) in [4.78, 5) is 50.1. The molecule has 3 saturated heterocycles. The number of fused-ring (bicyclic) bond motifs is 2. The summed E-state index contributed by atoms with van der Waals surface area (Å²) in [5.74, 6) is -0.767. The number of carbonyl (C=O) groups excluding carboxylic acids is 3. The molecule has 3 aliphatic rings. The van der Waals surface area contributed by atoms with Crippen LogP contribution in [0.15, 0.2) is 92.0 Å². The van der Waals surface area contributed by atoms with E-state index in [1.54, 1.807) is 33.7 Å². The Morgan fingerprint density at radius 3 is 2.28 bits per heavy atom. The minimum atomic E-state index is -0.751. The number of aliphatic hydroxyl groups is 1. The Morgan fingerprint density at radius 2 is 1.60 bits per heavy atom. The van der Waals surface area contributed by atoms with E-state index in [9.17, 15) is 14.7 Å². The normalized spacial score (nSPS) is 25.1. The van der Waals surface area contributed by atoms with E-state index < -0.39 is 22.6 Å². The third-order valence-electron chi connectivity index (χ3n) is 10.7. The van der Waals surface area contributed by atoms with E-state index in [1.807, 2.05) is 78.6 Å². The van der Waals surface area contributed by atoms with Crippen LogP contribution in [0.25, 0.3) is 10.8 Å². The summed E-state index contributed by atoms with van der Waals surface area (Å²) in [6, 6.07) is 20.8. The fourth-order valence-corrected chi connectivity index (χ4v) is 10.9. The number of amides is 3. The van der Waals surface area contributed by atoms with Crippen LogP contribution in [0.2, 0.25) is 0 Å². The molecule has 6 rings (SSSR count). The lowest BCUT2D eigenvalue weighted by Crippen LogP contribution is -2.57. The fourth-order valence-electron chi connectivity index (χ4n) is 8.53. The smallest absolute Gasteiger partial charge is 0.251 e. The predicted molar refractivity (Wildman–Crippen MR) is 203 cm³/mol. The maximum atomic E-state index is 15.2. The van der Waals surface area contributed by atoms with Crippen LogP contribution in [-0.2, 0) is 14.4 Å². The van der Waals surface area contributed by atoms with Gasteiger partial charge in [0.2, 0.25) is 11.8 Å². The lowest BCUT2D eigenvalue weighted by molar-refractivity contribution is -0.139. The van der Waals surface area contributed by atoms with Gasteiger partial charge in [-0.15, -0.1) is 24.9 Å². The zero-order valence-corrected chi connectivity index (χ0v) is 30.0. The van der Waals surface area contributed by atoms with Crippen molar-refractivity contribution in [1.82, 2.24) is 4.90 Å². The van der Waals surface area contributed by atoms with E-state index in [0.29, 0.717) is 39.1 Å². The van der Waals surface area contributed by atoms with Crippen molar-refractivity contribution in [3.05, 3.63) is 92.0 Å². The zero-order valence-electron chi connectivity index (χ0n) is 29.2. The maximum Gasteiger partial charge on any atom is 0.251 e. The van der Waals surface area contributed by atoms with E-state index in [-0.39, 0.29) is 35.5 Å². The van der Waals surface area contributed by atoms with Gasteiger partial charge < -0.3 is 24.5 Å². The van der Waals surface area contributed by atoms with Crippen LogP contribution in [0.4, 0.5) is 11.4 Å². The van der Waals surface area contributed by atoms with Crippen LogP contribution in [0.5, 0.6) is 5.75 Å². The first-order valence-electron chi connectivity index (χ1n) is 18.0. The second-order valence-corrected chi connectivity index (χ2v) is 15.2. The molecular formula is C41H49N3O5S. The molecule has 50 heavy (non-hydrogen) atoms. The molecule has 3 aliphatic heterocycles. The second kappa shape index (κ2) is 15.4. The summed E-state index contributed by atoms with van der Waals surface area (Å²) in [6.45, 7) is 13.7. The standard InChI is InChI=1S/C41H49N3O5S/c1-5-22-42(31-18-20-33(21-19-31)49-7-3)38(46)35-34-26-28(4)41(50-34)36(35)39(47)44(24-12-8-9-13-25-45)37(41)40(48)43(23-6-2)32-17-16-29-14-10-11-15-30(29)27-32/h5-6,10-11,14-21,27-28,34-37,45H,1-2,7-9,12-13,22-26H2,3-4H3/t28?,34-,35+,36-,37?,41?/m0/s1. The summed E-state index contributed by atoms with van der Waals surface area (Å²) in [5.41, 5.74) is 1.48. The van der Waals surface area contributed by atoms with E-state index in [4.69, 9.17) is 4.74 Å². The van der Waals surface area contributed by atoms with Gasteiger partial charge in [0, 0.05) is 42.9 Å². The number of nitrogens with zero attached hydrogens (tertiary/aromatic N) is 3. The van der Waals surface area contributed by atoms with Crippen molar-refractivity contribution in [2.24, 2.45) is 17.8 Å². The summed E-state index contributed by atoms with van der Waals surface area (Å²) < 4.78 is 4.89.